The standard InChI is InChI=1S/C20H20O5/c1-11-14(12-3-4-16-17(5-12)24-10-23-16)6-13-8-20(11)9-18(22-2)15(21)7-19(20)25-13/h3-5,7,9,11,13-14H,6,8,10H2,1-2H3/t11-,13+,14+,20-/m1/s1. The number of carbonyl (C=O) groups excluding carboxylic acids is 1. The third kappa shape index (κ3) is 1.98. The zero-order valence-electron chi connectivity index (χ0n) is 14.3. The first kappa shape index (κ1) is 14.9. The van der Waals surface area contributed by atoms with Gasteiger partial charge in [0.05, 0.1) is 12.5 Å². The van der Waals surface area contributed by atoms with Gasteiger partial charge in [-0.3, -0.25) is 4.79 Å². The van der Waals surface area contributed by atoms with E-state index in [9.17, 15) is 4.79 Å². The molecule has 0 aromatic heterocycles. The van der Waals surface area contributed by atoms with E-state index in [1.807, 2.05) is 12.1 Å². The fraction of sp³-hybridized carbons (Fsp3) is 0.450. The van der Waals surface area contributed by atoms with E-state index in [1.165, 1.54) is 5.56 Å². The van der Waals surface area contributed by atoms with Gasteiger partial charge in [0.15, 0.2) is 17.3 Å². The smallest absolute Gasteiger partial charge is 0.231 e. The first-order valence-electron chi connectivity index (χ1n) is 8.70. The molecule has 2 fully saturated rings. The molecule has 0 N–H and O–H groups in total. The molecule has 1 aromatic rings. The number of rotatable bonds is 2. The van der Waals surface area contributed by atoms with Gasteiger partial charge in [-0.1, -0.05) is 13.0 Å². The summed E-state index contributed by atoms with van der Waals surface area (Å²) in [6.07, 6.45) is 5.58. The van der Waals surface area contributed by atoms with E-state index in [4.69, 9.17) is 18.9 Å². The van der Waals surface area contributed by atoms with Crippen molar-refractivity contribution in [2.45, 2.75) is 31.8 Å². The van der Waals surface area contributed by atoms with Crippen LogP contribution in [0.2, 0.25) is 0 Å². The van der Waals surface area contributed by atoms with Crippen LogP contribution in [0.4, 0.5) is 0 Å². The predicted molar refractivity (Wildman–Crippen MR) is 89.2 cm³/mol. The Morgan fingerprint density at radius 1 is 1.24 bits per heavy atom. The molecular formula is C20H20O5. The molecule has 1 saturated carbocycles. The molecule has 0 unspecified atom stereocenters. The summed E-state index contributed by atoms with van der Waals surface area (Å²) in [5.74, 6) is 3.34. The molecule has 2 bridgehead atoms. The van der Waals surface area contributed by atoms with Gasteiger partial charge in [0.1, 0.15) is 11.9 Å². The molecule has 130 valence electrons. The van der Waals surface area contributed by atoms with Crippen LogP contribution in [0, 0.1) is 11.3 Å². The van der Waals surface area contributed by atoms with E-state index in [2.05, 4.69) is 19.1 Å². The average molecular weight is 340 g/mol. The highest BCUT2D eigenvalue weighted by Crippen LogP contribution is 2.61. The molecule has 4 aliphatic rings. The Labute approximate surface area is 146 Å². The predicted octanol–water partition coefficient (Wildman–Crippen LogP) is 3.31. The maximum Gasteiger partial charge on any atom is 0.231 e. The summed E-state index contributed by atoms with van der Waals surface area (Å²) in [5.41, 5.74) is 0.971. The van der Waals surface area contributed by atoms with Gasteiger partial charge in [-0.25, -0.2) is 0 Å². The highest BCUT2D eigenvalue weighted by atomic mass is 16.7. The molecule has 1 saturated heterocycles. The van der Waals surface area contributed by atoms with Gasteiger partial charge in [-0.2, -0.15) is 0 Å². The third-order valence-electron chi connectivity index (χ3n) is 6.19. The monoisotopic (exact) mass is 340 g/mol. The van der Waals surface area contributed by atoms with Crippen molar-refractivity contribution in [2.24, 2.45) is 11.3 Å². The Kier molecular flexibility index (Phi) is 3.00. The van der Waals surface area contributed by atoms with Crippen molar-refractivity contribution < 1.29 is 23.7 Å². The van der Waals surface area contributed by atoms with E-state index in [0.29, 0.717) is 11.7 Å². The van der Waals surface area contributed by atoms with Gasteiger partial charge in [-0.15, -0.1) is 0 Å². The van der Waals surface area contributed by atoms with Gasteiger partial charge in [0, 0.05) is 12.5 Å². The second kappa shape index (κ2) is 5.04. The largest absolute Gasteiger partial charge is 0.494 e. The minimum Gasteiger partial charge on any atom is -0.494 e. The lowest BCUT2D eigenvalue weighted by molar-refractivity contribution is -0.114. The number of methoxy groups -OCH3 is 1. The Morgan fingerprint density at radius 2 is 2.08 bits per heavy atom. The topological polar surface area (TPSA) is 54.0 Å². The summed E-state index contributed by atoms with van der Waals surface area (Å²) in [7, 11) is 1.55. The fourth-order valence-electron chi connectivity index (χ4n) is 4.85. The maximum absolute atomic E-state index is 12.2. The number of hydrogen-bond donors (Lipinski definition) is 0. The molecular weight excluding hydrogens is 320 g/mol. The van der Waals surface area contributed by atoms with Crippen LogP contribution in [0.5, 0.6) is 11.5 Å². The van der Waals surface area contributed by atoms with Crippen LogP contribution in [-0.2, 0) is 14.3 Å². The molecule has 5 rings (SSSR count). The normalized spacial score (nSPS) is 34.8. The van der Waals surface area contributed by atoms with Crippen LogP contribution >= 0.6 is 0 Å². The molecule has 5 nitrogen and oxygen atoms in total. The molecule has 2 aliphatic carbocycles. The highest BCUT2D eigenvalue weighted by Gasteiger charge is 2.56. The number of benzene rings is 1. The summed E-state index contributed by atoms with van der Waals surface area (Å²) in [6.45, 7) is 2.52. The second-order valence-corrected chi connectivity index (χ2v) is 7.31. The lowest BCUT2D eigenvalue weighted by Crippen LogP contribution is -2.37. The summed E-state index contributed by atoms with van der Waals surface area (Å²) in [5, 5.41) is 0. The molecule has 4 atom stereocenters. The summed E-state index contributed by atoms with van der Waals surface area (Å²) >= 11 is 0. The van der Waals surface area contributed by atoms with Crippen LogP contribution in [-0.4, -0.2) is 25.8 Å². The zero-order chi connectivity index (χ0) is 17.2. The number of ether oxygens (including phenoxy) is 4. The van der Waals surface area contributed by atoms with E-state index in [1.54, 1.807) is 13.2 Å². The first-order chi connectivity index (χ1) is 12.1. The molecule has 2 aliphatic heterocycles. The van der Waals surface area contributed by atoms with Crippen LogP contribution in [0.3, 0.4) is 0 Å². The number of fused-ring (bicyclic) bond motifs is 2. The van der Waals surface area contributed by atoms with Crippen molar-refractivity contribution in [2.75, 3.05) is 13.9 Å². The number of allylic oxidation sites excluding steroid dienone is 2. The van der Waals surface area contributed by atoms with E-state index < -0.39 is 0 Å². The van der Waals surface area contributed by atoms with Crippen molar-refractivity contribution in [3.8, 4) is 11.5 Å². The molecule has 2 heterocycles. The fourth-order valence-corrected chi connectivity index (χ4v) is 4.85. The molecule has 1 aromatic carbocycles. The van der Waals surface area contributed by atoms with Gasteiger partial charge in [0.25, 0.3) is 0 Å². The van der Waals surface area contributed by atoms with Crippen molar-refractivity contribution in [3.63, 3.8) is 0 Å². The molecule has 1 spiro atoms. The SMILES string of the molecule is COC1=C[C@]23C[C@H](C[C@H](c4ccc5c(c4)OCO5)[C@H]2C)OC3=CC1=O. The Balaban J connectivity index is 1.56. The highest BCUT2D eigenvalue weighted by molar-refractivity contribution is 6.04. The van der Waals surface area contributed by atoms with Crippen LogP contribution in [0.1, 0.15) is 31.2 Å². The summed E-state index contributed by atoms with van der Waals surface area (Å²) < 4.78 is 22.4. The number of carbonyl (C=O) groups is 1. The van der Waals surface area contributed by atoms with Gasteiger partial charge >= 0.3 is 0 Å². The summed E-state index contributed by atoms with van der Waals surface area (Å²) in [6, 6.07) is 6.19. The molecule has 0 radical (unpaired) electrons. The van der Waals surface area contributed by atoms with Crippen LogP contribution in [0.15, 0.2) is 41.9 Å². The van der Waals surface area contributed by atoms with Crippen LogP contribution < -0.4 is 9.47 Å². The molecule has 5 heteroatoms. The lowest BCUT2D eigenvalue weighted by atomic mass is 9.59. The van der Waals surface area contributed by atoms with Gasteiger partial charge in [-0.05, 0) is 42.0 Å². The van der Waals surface area contributed by atoms with Gasteiger partial charge < -0.3 is 18.9 Å². The minimum absolute atomic E-state index is 0.109. The minimum atomic E-state index is -0.261. The van der Waals surface area contributed by atoms with Crippen molar-refractivity contribution in [3.05, 3.63) is 47.4 Å². The van der Waals surface area contributed by atoms with Gasteiger partial charge in [0.2, 0.25) is 12.6 Å². The molecule has 0 amide bonds. The third-order valence-corrected chi connectivity index (χ3v) is 6.19. The first-order valence-corrected chi connectivity index (χ1v) is 8.70. The van der Waals surface area contributed by atoms with Crippen molar-refractivity contribution in [1.29, 1.82) is 0 Å². The Bertz CT molecular complexity index is 823. The second-order valence-electron chi connectivity index (χ2n) is 7.31. The maximum atomic E-state index is 12.2. The number of hydrogen-bond acceptors (Lipinski definition) is 5. The summed E-state index contributed by atoms with van der Waals surface area (Å²) in [4.78, 5) is 12.2. The van der Waals surface area contributed by atoms with E-state index >= 15 is 0 Å². The van der Waals surface area contributed by atoms with Crippen molar-refractivity contribution in [1.82, 2.24) is 0 Å². The number of ketones is 1. The molecule has 25 heavy (non-hydrogen) atoms. The quantitative estimate of drug-likeness (QED) is 0.827. The lowest BCUT2D eigenvalue weighted by Gasteiger charge is -2.41. The van der Waals surface area contributed by atoms with E-state index in [0.717, 1.165) is 30.1 Å². The zero-order valence-corrected chi connectivity index (χ0v) is 14.3. The van der Waals surface area contributed by atoms with Crippen molar-refractivity contribution >= 4 is 5.78 Å². The Hall–Kier alpha value is -2.43. The Morgan fingerprint density at radius 3 is 2.92 bits per heavy atom. The van der Waals surface area contributed by atoms with Crippen LogP contribution in [0.25, 0.3) is 0 Å². The van der Waals surface area contributed by atoms with E-state index in [-0.39, 0.29) is 30.0 Å². The average Bonchev–Trinajstić information content (AvgIpc) is 3.19.